The zero-order chi connectivity index (χ0) is 19.2. The van der Waals surface area contributed by atoms with Crippen molar-refractivity contribution in [2.45, 2.75) is 24.5 Å². The predicted octanol–water partition coefficient (Wildman–Crippen LogP) is -1.74. The number of hydrogen-bond donors (Lipinski definition) is 3. The zero-order valence-corrected chi connectivity index (χ0v) is 14.5. The van der Waals surface area contributed by atoms with Crippen molar-refractivity contribution in [2.24, 2.45) is 0 Å². The molecule has 3 aromatic rings. The number of nitrogens with two attached hydrogens (primary N) is 1. The first-order chi connectivity index (χ1) is 12.9. The van der Waals surface area contributed by atoms with Gasteiger partial charge in [-0.25, -0.2) is 19.9 Å². The standard InChI is InChI=1S/C13H16N7O6P/c14-11-8-12(17-4-16-11)20(6-18-8)13-10(22)9(21)7(26-13)3-25-27(23,24)19-2-1-15-5-19/h1-2,4-7,9-10,13,21-22H,3H2,(H,23,24)(H2,14,16,17)/p-1/t7-,9-,10-,13-/m1/s1. The summed E-state index contributed by atoms with van der Waals surface area (Å²) in [6.07, 6.45) is 1.20. The fourth-order valence-corrected chi connectivity index (χ4v) is 3.66. The van der Waals surface area contributed by atoms with Crippen LogP contribution in [0, 0.1) is 0 Å². The molecule has 0 aromatic carbocycles. The molecule has 0 aliphatic carbocycles. The number of nitrogens with zero attached hydrogens (tertiary/aromatic N) is 6. The van der Waals surface area contributed by atoms with Gasteiger partial charge in [-0.2, -0.15) is 0 Å². The highest BCUT2D eigenvalue weighted by Crippen LogP contribution is 2.40. The van der Waals surface area contributed by atoms with E-state index in [4.69, 9.17) is 15.0 Å². The molecule has 4 N–H and O–H groups in total. The molecule has 0 radical (unpaired) electrons. The zero-order valence-electron chi connectivity index (χ0n) is 13.6. The molecule has 4 heterocycles. The molecule has 0 amide bonds. The number of imidazole rings is 2. The van der Waals surface area contributed by atoms with E-state index >= 15 is 0 Å². The van der Waals surface area contributed by atoms with E-state index in [1.165, 1.54) is 29.6 Å². The van der Waals surface area contributed by atoms with Gasteiger partial charge in [-0.15, -0.1) is 0 Å². The number of anilines is 1. The lowest BCUT2D eigenvalue weighted by molar-refractivity contribution is -0.205. The second-order valence-electron chi connectivity index (χ2n) is 5.84. The van der Waals surface area contributed by atoms with E-state index in [2.05, 4.69) is 19.9 Å². The lowest BCUT2D eigenvalue weighted by Crippen LogP contribution is -2.34. The third-order valence-corrected chi connectivity index (χ3v) is 5.45. The molecule has 27 heavy (non-hydrogen) atoms. The molecule has 1 unspecified atom stereocenters. The lowest BCUT2D eigenvalue weighted by Gasteiger charge is -2.25. The number of aliphatic hydroxyl groups excluding tert-OH is 2. The molecule has 144 valence electrons. The Bertz CT molecular complexity index is 994. The van der Waals surface area contributed by atoms with Crippen LogP contribution in [0.15, 0.2) is 31.4 Å². The van der Waals surface area contributed by atoms with E-state index in [1.54, 1.807) is 0 Å². The van der Waals surface area contributed by atoms with Gasteiger partial charge in [0.05, 0.1) is 12.9 Å². The van der Waals surface area contributed by atoms with Crippen LogP contribution in [0.1, 0.15) is 6.23 Å². The Balaban J connectivity index is 1.52. The maximum atomic E-state index is 12.0. The Labute approximate surface area is 151 Å². The van der Waals surface area contributed by atoms with Crippen LogP contribution < -0.4 is 10.6 Å². The van der Waals surface area contributed by atoms with Gasteiger partial charge in [-0.3, -0.25) is 13.5 Å². The second kappa shape index (κ2) is 6.64. The number of nitrogen functional groups attached to an aromatic ring is 1. The maximum absolute atomic E-state index is 12.0. The minimum Gasteiger partial charge on any atom is -0.761 e. The molecule has 1 aliphatic heterocycles. The molecular formula is C13H15N7O6P-. The quantitative estimate of drug-likeness (QED) is 0.415. The highest BCUT2D eigenvalue weighted by Gasteiger charge is 2.44. The van der Waals surface area contributed by atoms with Gasteiger partial charge in [0, 0.05) is 12.4 Å². The number of fused-ring (bicyclic) bond motifs is 1. The van der Waals surface area contributed by atoms with Gasteiger partial charge >= 0.3 is 0 Å². The smallest absolute Gasteiger partial charge is 0.237 e. The summed E-state index contributed by atoms with van der Waals surface area (Å²) in [5.74, 6) is 0.152. The van der Waals surface area contributed by atoms with Crippen molar-refractivity contribution in [1.29, 1.82) is 0 Å². The second-order valence-corrected chi connectivity index (χ2v) is 7.49. The molecule has 14 heteroatoms. The monoisotopic (exact) mass is 396 g/mol. The van der Waals surface area contributed by atoms with Crippen LogP contribution in [0.4, 0.5) is 5.82 Å². The summed E-state index contributed by atoms with van der Waals surface area (Å²) in [6.45, 7) is -0.503. The molecule has 5 atom stereocenters. The van der Waals surface area contributed by atoms with Crippen molar-refractivity contribution in [2.75, 3.05) is 12.3 Å². The van der Waals surface area contributed by atoms with E-state index in [1.807, 2.05) is 0 Å². The highest BCUT2D eigenvalue weighted by atomic mass is 31.2. The summed E-state index contributed by atoms with van der Waals surface area (Å²) in [4.78, 5) is 27.6. The van der Waals surface area contributed by atoms with Gasteiger partial charge in [-0.1, -0.05) is 0 Å². The Morgan fingerprint density at radius 2 is 2.11 bits per heavy atom. The Kier molecular flexibility index (Phi) is 4.42. The fraction of sp³-hybridized carbons (Fsp3) is 0.385. The van der Waals surface area contributed by atoms with Crippen LogP contribution in [0.3, 0.4) is 0 Å². The van der Waals surface area contributed by atoms with E-state index in [0.717, 1.165) is 10.7 Å². The summed E-state index contributed by atoms with van der Waals surface area (Å²) in [5, 5.41) is 20.5. The van der Waals surface area contributed by atoms with Crippen LogP contribution in [-0.2, 0) is 13.8 Å². The normalized spacial score (nSPS) is 27.8. The van der Waals surface area contributed by atoms with Gasteiger partial charge < -0.3 is 30.1 Å². The highest BCUT2D eigenvalue weighted by molar-refractivity contribution is 7.49. The number of rotatable bonds is 5. The molecule has 3 aromatic heterocycles. The number of aliphatic hydroxyl groups is 2. The third-order valence-electron chi connectivity index (χ3n) is 4.17. The minimum atomic E-state index is -4.45. The lowest BCUT2D eigenvalue weighted by atomic mass is 10.1. The summed E-state index contributed by atoms with van der Waals surface area (Å²) >= 11 is 0. The number of aromatic nitrogens is 6. The van der Waals surface area contributed by atoms with Gasteiger partial charge in [0.1, 0.15) is 36.5 Å². The van der Waals surface area contributed by atoms with Crippen molar-refractivity contribution in [3.63, 3.8) is 0 Å². The van der Waals surface area contributed by atoms with Crippen molar-refractivity contribution in [3.05, 3.63) is 31.4 Å². The molecule has 13 nitrogen and oxygen atoms in total. The van der Waals surface area contributed by atoms with Crippen molar-refractivity contribution in [1.82, 2.24) is 28.8 Å². The van der Waals surface area contributed by atoms with Crippen LogP contribution in [-0.4, -0.2) is 64.0 Å². The predicted molar refractivity (Wildman–Crippen MR) is 86.8 cm³/mol. The Hall–Kier alpha value is -2.41. The Morgan fingerprint density at radius 3 is 2.85 bits per heavy atom. The van der Waals surface area contributed by atoms with Gasteiger partial charge in [0.2, 0.25) is 7.75 Å². The van der Waals surface area contributed by atoms with Crippen LogP contribution in [0.25, 0.3) is 11.2 Å². The average molecular weight is 396 g/mol. The molecule has 4 rings (SSSR count). The molecule has 1 saturated heterocycles. The summed E-state index contributed by atoms with van der Waals surface area (Å²) in [6, 6.07) is 0. The van der Waals surface area contributed by atoms with Crippen LogP contribution in [0.2, 0.25) is 0 Å². The van der Waals surface area contributed by atoms with Gasteiger partial charge in [0.15, 0.2) is 17.7 Å². The Morgan fingerprint density at radius 1 is 1.30 bits per heavy atom. The van der Waals surface area contributed by atoms with E-state index < -0.39 is 38.9 Å². The summed E-state index contributed by atoms with van der Waals surface area (Å²) in [5.41, 5.74) is 6.34. The first-order valence-corrected chi connectivity index (χ1v) is 9.27. The average Bonchev–Trinajstić information content (AvgIpc) is 3.36. The van der Waals surface area contributed by atoms with E-state index in [-0.39, 0.29) is 5.82 Å². The SMILES string of the molecule is Nc1ncnc2c1ncn2[C@@H]1O[C@H](COP(=O)([O-])n2ccnc2)[C@@H](O)[C@H]1O. The number of ether oxygens (including phenoxy) is 1. The first kappa shape index (κ1) is 18.0. The molecule has 0 spiro atoms. The van der Waals surface area contributed by atoms with Gasteiger partial charge in [-0.05, 0) is 0 Å². The number of hydrogen-bond acceptors (Lipinski definition) is 11. The third kappa shape index (κ3) is 3.10. The molecule has 0 saturated carbocycles. The molecular weight excluding hydrogens is 381 g/mol. The van der Waals surface area contributed by atoms with Crippen molar-refractivity contribution in [3.8, 4) is 0 Å². The van der Waals surface area contributed by atoms with E-state index in [9.17, 15) is 19.7 Å². The molecule has 0 bridgehead atoms. The van der Waals surface area contributed by atoms with Crippen molar-refractivity contribution < 1.29 is 28.9 Å². The van der Waals surface area contributed by atoms with Gasteiger partial charge in [0.25, 0.3) is 0 Å². The summed E-state index contributed by atoms with van der Waals surface area (Å²) in [7, 11) is -4.45. The van der Waals surface area contributed by atoms with E-state index in [0.29, 0.717) is 11.2 Å². The molecule has 1 aliphatic rings. The van der Waals surface area contributed by atoms with Crippen LogP contribution >= 0.6 is 7.75 Å². The van der Waals surface area contributed by atoms with Crippen molar-refractivity contribution >= 4 is 24.7 Å². The first-order valence-electron chi connectivity index (χ1n) is 7.77. The van der Waals surface area contributed by atoms with Crippen LogP contribution in [0.5, 0.6) is 0 Å². The fourth-order valence-electron chi connectivity index (χ4n) is 2.78. The summed E-state index contributed by atoms with van der Waals surface area (Å²) < 4.78 is 24.7. The topological polar surface area (TPSA) is 186 Å². The molecule has 1 fully saturated rings. The largest absolute Gasteiger partial charge is 0.761 e. The minimum absolute atomic E-state index is 0.152. The maximum Gasteiger partial charge on any atom is 0.237 e.